The Morgan fingerprint density at radius 3 is 1.58 bits per heavy atom. The number of nitrogens with one attached hydrogen (secondary N) is 1. The Bertz CT molecular complexity index is 415. The summed E-state index contributed by atoms with van der Waals surface area (Å²) in [6.45, 7) is 1.06. The van der Waals surface area contributed by atoms with Crippen molar-refractivity contribution >= 4 is 0 Å². The molecule has 0 saturated heterocycles. The van der Waals surface area contributed by atoms with Crippen LogP contribution in [0.1, 0.15) is 11.1 Å². The number of ether oxygens (including phenoxy) is 2. The van der Waals surface area contributed by atoms with E-state index in [2.05, 4.69) is 5.32 Å². The molecule has 0 heterocycles. The van der Waals surface area contributed by atoms with Crippen molar-refractivity contribution in [1.29, 1.82) is 0 Å². The Morgan fingerprint density at radius 1 is 0.789 bits per heavy atom. The number of benzene rings is 2. The first-order valence-corrected chi connectivity index (χ1v) is 6.37. The summed E-state index contributed by atoms with van der Waals surface area (Å²) < 4.78 is 11.3. The van der Waals surface area contributed by atoms with Crippen molar-refractivity contribution in [2.75, 3.05) is 7.05 Å². The maximum Gasteiger partial charge on any atom is 0.216 e. The molecule has 2 rings (SSSR count). The van der Waals surface area contributed by atoms with Gasteiger partial charge in [-0.2, -0.15) is 0 Å². The third kappa shape index (κ3) is 4.83. The van der Waals surface area contributed by atoms with E-state index < -0.39 is 6.41 Å². The van der Waals surface area contributed by atoms with Gasteiger partial charge in [0.05, 0.1) is 13.2 Å². The van der Waals surface area contributed by atoms with E-state index >= 15 is 0 Å². The molecule has 3 nitrogen and oxygen atoms in total. The standard InChI is InChI=1S/C16H19NO2/c1-17-16(18-12-14-8-4-2-5-9-14)19-13-15-10-6-3-7-11-15/h2-11,16-17H,12-13H2,1H3. The molecule has 3 heteroatoms. The lowest BCUT2D eigenvalue weighted by Crippen LogP contribution is -2.31. The zero-order valence-corrected chi connectivity index (χ0v) is 11.1. The third-order valence-electron chi connectivity index (χ3n) is 2.72. The molecule has 0 atom stereocenters. The van der Waals surface area contributed by atoms with Crippen molar-refractivity contribution < 1.29 is 9.47 Å². The van der Waals surface area contributed by atoms with Crippen LogP contribution in [0.3, 0.4) is 0 Å². The Labute approximate surface area is 114 Å². The lowest BCUT2D eigenvalue weighted by atomic mass is 10.2. The Morgan fingerprint density at radius 2 is 1.21 bits per heavy atom. The van der Waals surface area contributed by atoms with Gasteiger partial charge in [0.2, 0.25) is 6.41 Å². The van der Waals surface area contributed by atoms with Crippen molar-refractivity contribution in [1.82, 2.24) is 5.32 Å². The number of hydrogen-bond donors (Lipinski definition) is 1. The third-order valence-corrected chi connectivity index (χ3v) is 2.72. The summed E-state index contributed by atoms with van der Waals surface area (Å²) in [6, 6.07) is 20.1. The van der Waals surface area contributed by atoms with E-state index in [1.165, 1.54) is 0 Å². The first-order chi connectivity index (χ1) is 9.38. The summed E-state index contributed by atoms with van der Waals surface area (Å²) in [5.74, 6) is 0. The van der Waals surface area contributed by atoms with Crippen LogP contribution in [-0.4, -0.2) is 13.5 Å². The largest absolute Gasteiger partial charge is 0.335 e. The smallest absolute Gasteiger partial charge is 0.216 e. The van der Waals surface area contributed by atoms with E-state index in [1.54, 1.807) is 0 Å². The molecule has 0 fully saturated rings. The van der Waals surface area contributed by atoms with Crippen molar-refractivity contribution in [3.63, 3.8) is 0 Å². The highest BCUT2D eigenvalue weighted by Gasteiger charge is 2.06. The molecule has 0 aromatic heterocycles. The highest BCUT2D eigenvalue weighted by Crippen LogP contribution is 2.06. The molecule has 0 saturated carbocycles. The summed E-state index contributed by atoms with van der Waals surface area (Å²) in [7, 11) is 1.82. The zero-order valence-electron chi connectivity index (χ0n) is 11.1. The minimum Gasteiger partial charge on any atom is -0.335 e. The van der Waals surface area contributed by atoms with E-state index in [-0.39, 0.29) is 0 Å². The van der Waals surface area contributed by atoms with Gasteiger partial charge in [-0.1, -0.05) is 60.7 Å². The van der Waals surface area contributed by atoms with Crippen LogP contribution in [0.5, 0.6) is 0 Å². The quantitative estimate of drug-likeness (QED) is 0.774. The molecule has 0 radical (unpaired) electrons. The lowest BCUT2D eigenvalue weighted by Gasteiger charge is -2.17. The van der Waals surface area contributed by atoms with Gasteiger partial charge in [0.15, 0.2) is 0 Å². The van der Waals surface area contributed by atoms with Gasteiger partial charge in [0.25, 0.3) is 0 Å². The molecule has 19 heavy (non-hydrogen) atoms. The molecule has 0 aliphatic carbocycles. The van der Waals surface area contributed by atoms with Crippen molar-refractivity contribution in [2.45, 2.75) is 19.6 Å². The Hall–Kier alpha value is -1.68. The molecule has 0 unspecified atom stereocenters. The van der Waals surface area contributed by atoms with Gasteiger partial charge in [0.1, 0.15) is 0 Å². The van der Waals surface area contributed by atoms with E-state index in [9.17, 15) is 0 Å². The van der Waals surface area contributed by atoms with E-state index in [1.807, 2.05) is 67.7 Å². The molecule has 2 aromatic carbocycles. The average molecular weight is 257 g/mol. The molecule has 0 aliphatic rings. The molecular weight excluding hydrogens is 238 g/mol. The Kier molecular flexibility index (Phi) is 5.56. The molecule has 2 aromatic rings. The van der Waals surface area contributed by atoms with Crippen LogP contribution in [0.25, 0.3) is 0 Å². The minimum absolute atomic E-state index is 0.402. The molecule has 100 valence electrons. The molecule has 1 N–H and O–H groups in total. The second-order valence-electron chi connectivity index (χ2n) is 4.21. The fourth-order valence-corrected chi connectivity index (χ4v) is 1.71. The Balaban J connectivity index is 1.77. The van der Waals surface area contributed by atoms with Crippen LogP contribution in [0.4, 0.5) is 0 Å². The van der Waals surface area contributed by atoms with E-state index in [0.29, 0.717) is 13.2 Å². The van der Waals surface area contributed by atoms with Gasteiger partial charge >= 0.3 is 0 Å². The topological polar surface area (TPSA) is 30.5 Å². The second-order valence-corrected chi connectivity index (χ2v) is 4.21. The van der Waals surface area contributed by atoms with Gasteiger partial charge in [-0.3, -0.25) is 5.32 Å². The first kappa shape index (κ1) is 13.7. The zero-order chi connectivity index (χ0) is 13.3. The van der Waals surface area contributed by atoms with Crippen LogP contribution in [-0.2, 0) is 22.7 Å². The highest BCUT2D eigenvalue weighted by molar-refractivity contribution is 5.14. The van der Waals surface area contributed by atoms with Crippen LogP contribution in [0.2, 0.25) is 0 Å². The fraction of sp³-hybridized carbons (Fsp3) is 0.250. The van der Waals surface area contributed by atoms with Crippen LogP contribution >= 0.6 is 0 Å². The first-order valence-electron chi connectivity index (χ1n) is 6.37. The van der Waals surface area contributed by atoms with E-state index in [0.717, 1.165) is 11.1 Å². The van der Waals surface area contributed by atoms with Crippen molar-refractivity contribution in [2.24, 2.45) is 0 Å². The molecule has 0 amide bonds. The van der Waals surface area contributed by atoms with Gasteiger partial charge in [-0.05, 0) is 18.2 Å². The van der Waals surface area contributed by atoms with Crippen LogP contribution in [0, 0.1) is 0 Å². The lowest BCUT2D eigenvalue weighted by molar-refractivity contribution is -0.171. The van der Waals surface area contributed by atoms with Gasteiger partial charge in [0, 0.05) is 0 Å². The molecule has 0 bridgehead atoms. The minimum atomic E-state index is -0.402. The maximum absolute atomic E-state index is 5.67. The molecule has 0 spiro atoms. The van der Waals surface area contributed by atoms with Gasteiger partial charge in [-0.25, -0.2) is 0 Å². The van der Waals surface area contributed by atoms with Gasteiger partial charge in [-0.15, -0.1) is 0 Å². The van der Waals surface area contributed by atoms with E-state index in [4.69, 9.17) is 9.47 Å². The predicted octanol–water partition coefficient (Wildman–Crippen LogP) is 2.92. The number of rotatable bonds is 7. The summed E-state index contributed by atoms with van der Waals surface area (Å²) in [5, 5.41) is 3.00. The summed E-state index contributed by atoms with van der Waals surface area (Å²) in [4.78, 5) is 0. The van der Waals surface area contributed by atoms with Gasteiger partial charge < -0.3 is 9.47 Å². The SMILES string of the molecule is CNC(OCc1ccccc1)OCc1ccccc1. The maximum atomic E-state index is 5.67. The summed E-state index contributed by atoms with van der Waals surface area (Å²) in [6.07, 6.45) is -0.402. The second kappa shape index (κ2) is 7.69. The van der Waals surface area contributed by atoms with Crippen molar-refractivity contribution in [3.05, 3.63) is 71.8 Å². The number of hydrogen-bond acceptors (Lipinski definition) is 3. The van der Waals surface area contributed by atoms with Crippen molar-refractivity contribution in [3.8, 4) is 0 Å². The molecule has 0 aliphatic heterocycles. The van der Waals surface area contributed by atoms with Crippen LogP contribution in [0.15, 0.2) is 60.7 Å². The highest BCUT2D eigenvalue weighted by atomic mass is 16.7. The van der Waals surface area contributed by atoms with Crippen LogP contribution < -0.4 is 5.32 Å². The summed E-state index contributed by atoms with van der Waals surface area (Å²) >= 11 is 0. The average Bonchev–Trinajstić information content (AvgIpc) is 2.49. The molecular formula is C16H19NO2. The summed E-state index contributed by atoms with van der Waals surface area (Å²) in [5.41, 5.74) is 2.26. The predicted molar refractivity (Wildman–Crippen MR) is 75.3 cm³/mol. The normalized spacial score (nSPS) is 10.8. The fourth-order valence-electron chi connectivity index (χ4n) is 1.71. The monoisotopic (exact) mass is 257 g/mol.